The van der Waals surface area contributed by atoms with Gasteiger partial charge in [0.25, 0.3) is 0 Å². The van der Waals surface area contributed by atoms with Crippen molar-refractivity contribution in [2.75, 3.05) is 38.2 Å². The van der Waals surface area contributed by atoms with Crippen molar-refractivity contribution in [3.63, 3.8) is 0 Å². The molecule has 6 rings (SSSR count). The zero-order valence-corrected chi connectivity index (χ0v) is 21.7. The van der Waals surface area contributed by atoms with Gasteiger partial charge in [-0.1, -0.05) is 48.5 Å². The van der Waals surface area contributed by atoms with Gasteiger partial charge in [-0.3, -0.25) is 4.79 Å². The van der Waals surface area contributed by atoms with Gasteiger partial charge in [0.15, 0.2) is 11.5 Å². The molecule has 0 atom stereocenters. The molecule has 0 spiro atoms. The molecule has 3 aromatic carbocycles. The third-order valence-electron chi connectivity index (χ3n) is 7.26. The van der Waals surface area contributed by atoms with Crippen molar-refractivity contribution < 1.29 is 9.53 Å². The first-order chi connectivity index (χ1) is 18.6. The Kier molecular flexibility index (Phi) is 6.37. The van der Waals surface area contributed by atoms with Crippen LogP contribution in [0.5, 0.6) is 5.75 Å². The summed E-state index contributed by atoms with van der Waals surface area (Å²) in [6.45, 7) is 4.91. The fourth-order valence-corrected chi connectivity index (χ4v) is 5.17. The molecule has 192 valence electrons. The molecule has 1 aliphatic rings. The summed E-state index contributed by atoms with van der Waals surface area (Å²) in [7, 11) is 1.64. The lowest BCUT2D eigenvalue weighted by Crippen LogP contribution is -2.36. The number of nitrogens with zero attached hydrogens (tertiary/aromatic N) is 6. The highest BCUT2D eigenvalue weighted by Crippen LogP contribution is 2.30. The van der Waals surface area contributed by atoms with Crippen LogP contribution in [0.4, 0.5) is 5.95 Å². The molecule has 8 nitrogen and oxygen atoms in total. The van der Waals surface area contributed by atoms with Gasteiger partial charge in [0.1, 0.15) is 5.75 Å². The van der Waals surface area contributed by atoms with Crippen LogP contribution in [0.2, 0.25) is 0 Å². The largest absolute Gasteiger partial charge is 0.497 e. The van der Waals surface area contributed by atoms with Crippen molar-refractivity contribution in [3.8, 4) is 17.1 Å². The highest BCUT2D eigenvalue weighted by molar-refractivity contribution is 5.93. The standard InChI is InChI=1S/C30H30N6O2/c1-21-8-3-4-9-24(21)28-32-33-29-25-10-5-6-11-26(25)31-30(36(28)29)35-17-7-16-34(18-19-35)27(37)20-22-12-14-23(38-2)15-13-22/h3-6,8-15H,7,16-20H2,1-2H3. The van der Waals surface area contributed by atoms with Crippen LogP contribution in [0.3, 0.4) is 0 Å². The first-order valence-electron chi connectivity index (χ1n) is 13.0. The minimum atomic E-state index is 0.138. The summed E-state index contributed by atoms with van der Waals surface area (Å²) in [5, 5.41) is 10.2. The molecule has 2 aromatic heterocycles. The van der Waals surface area contributed by atoms with Gasteiger partial charge >= 0.3 is 0 Å². The Morgan fingerprint density at radius 2 is 1.68 bits per heavy atom. The maximum atomic E-state index is 13.2. The Bertz CT molecular complexity index is 1610. The number of para-hydroxylation sites is 1. The predicted octanol–water partition coefficient (Wildman–Crippen LogP) is 4.54. The first-order valence-corrected chi connectivity index (χ1v) is 13.0. The van der Waals surface area contributed by atoms with Gasteiger partial charge in [0.05, 0.1) is 19.0 Å². The van der Waals surface area contributed by atoms with Crippen molar-refractivity contribution >= 4 is 28.4 Å². The summed E-state index contributed by atoms with van der Waals surface area (Å²) in [6.07, 6.45) is 1.23. The summed E-state index contributed by atoms with van der Waals surface area (Å²) in [4.78, 5) is 22.5. The number of hydrogen-bond acceptors (Lipinski definition) is 6. The van der Waals surface area contributed by atoms with Gasteiger partial charge in [-0.25, -0.2) is 9.38 Å². The molecular formula is C30H30N6O2. The average Bonchev–Trinajstić information content (AvgIpc) is 3.24. The van der Waals surface area contributed by atoms with Crippen molar-refractivity contribution in [2.45, 2.75) is 19.8 Å². The Hall–Kier alpha value is -4.46. The van der Waals surface area contributed by atoms with Crippen molar-refractivity contribution in [2.24, 2.45) is 0 Å². The predicted molar refractivity (Wildman–Crippen MR) is 149 cm³/mol. The highest BCUT2D eigenvalue weighted by Gasteiger charge is 2.25. The van der Waals surface area contributed by atoms with E-state index in [0.29, 0.717) is 19.5 Å². The van der Waals surface area contributed by atoms with Crippen LogP contribution in [0.25, 0.3) is 27.9 Å². The van der Waals surface area contributed by atoms with Crippen molar-refractivity contribution in [1.29, 1.82) is 0 Å². The summed E-state index contributed by atoms with van der Waals surface area (Å²) in [5.41, 5.74) is 4.83. The molecule has 1 aliphatic heterocycles. The number of fused-ring (bicyclic) bond motifs is 3. The number of aromatic nitrogens is 4. The maximum absolute atomic E-state index is 13.2. The molecule has 1 saturated heterocycles. The normalized spacial score (nSPS) is 14.2. The number of aryl methyl sites for hydroxylation is 1. The number of carbonyl (C=O) groups is 1. The first kappa shape index (κ1) is 23.9. The zero-order valence-electron chi connectivity index (χ0n) is 21.7. The lowest BCUT2D eigenvalue weighted by atomic mass is 10.1. The second-order valence-corrected chi connectivity index (χ2v) is 9.67. The molecule has 3 heterocycles. The highest BCUT2D eigenvalue weighted by atomic mass is 16.5. The fraction of sp³-hybridized carbons (Fsp3) is 0.267. The molecule has 0 unspecified atom stereocenters. The second kappa shape index (κ2) is 10.1. The number of rotatable bonds is 5. The van der Waals surface area contributed by atoms with E-state index in [1.165, 1.54) is 0 Å². The molecule has 0 bridgehead atoms. The summed E-state index contributed by atoms with van der Waals surface area (Å²) >= 11 is 0. The lowest BCUT2D eigenvalue weighted by Gasteiger charge is -2.24. The molecule has 1 amide bonds. The zero-order chi connectivity index (χ0) is 26.1. The molecule has 0 saturated carbocycles. The third kappa shape index (κ3) is 4.42. The van der Waals surface area contributed by atoms with Crippen LogP contribution in [0, 0.1) is 6.92 Å². The molecular weight excluding hydrogens is 476 g/mol. The maximum Gasteiger partial charge on any atom is 0.227 e. The van der Waals surface area contributed by atoms with Crippen LogP contribution in [0.1, 0.15) is 17.5 Å². The van der Waals surface area contributed by atoms with E-state index in [1.807, 2.05) is 65.6 Å². The van der Waals surface area contributed by atoms with Gasteiger partial charge in [-0.05, 0) is 48.7 Å². The summed E-state index contributed by atoms with van der Waals surface area (Å²) < 4.78 is 7.32. The van der Waals surface area contributed by atoms with E-state index in [2.05, 4.69) is 38.6 Å². The van der Waals surface area contributed by atoms with Gasteiger partial charge in [0.2, 0.25) is 11.9 Å². The fourth-order valence-electron chi connectivity index (χ4n) is 5.17. The van der Waals surface area contributed by atoms with Crippen LogP contribution in [-0.4, -0.2) is 63.7 Å². The number of methoxy groups -OCH3 is 1. The number of carbonyl (C=O) groups excluding carboxylic acids is 1. The molecule has 8 heteroatoms. The van der Waals surface area contributed by atoms with Crippen LogP contribution in [0.15, 0.2) is 72.8 Å². The average molecular weight is 507 g/mol. The van der Waals surface area contributed by atoms with Crippen LogP contribution in [-0.2, 0) is 11.2 Å². The SMILES string of the molecule is COc1ccc(CC(=O)N2CCCN(c3nc4ccccc4c4nnc(-c5ccccc5C)n34)CC2)cc1. The molecule has 0 aliphatic carbocycles. The van der Waals surface area contributed by atoms with E-state index in [4.69, 9.17) is 9.72 Å². The minimum Gasteiger partial charge on any atom is -0.497 e. The molecule has 0 radical (unpaired) electrons. The van der Waals surface area contributed by atoms with Gasteiger partial charge in [-0.15, -0.1) is 10.2 Å². The number of hydrogen-bond donors (Lipinski definition) is 0. The van der Waals surface area contributed by atoms with Crippen LogP contribution >= 0.6 is 0 Å². The quantitative estimate of drug-likeness (QED) is 0.348. The smallest absolute Gasteiger partial charge is 0.227 e. The second-order valence-electron chi connectivity index (χ2n) is 9.67. The van der Waals surface area contributed by atoms with Crippen molar-refractivity contribution in [1.82, 2.24) is 24.5 Å². The van der Waals surface area contributed by atoms with E-state index < -0.39 is 0 Å². The van der Waals surface area contributed by atoms with E-state index >= 15 is 0 Å². The topological polar surface area (TPSA) is 75.9 Å². The number of ether oxygens (including phenoxy) is 1. The Labute approximate surface area is 221 Å². The monoisotopic (exact) mass is 506 g/mol. The third-order valence-corrected chi connectivity index (χ3v) is 7.26. The minimum absolute atomic E-state index is 0.138. The van der Waals surface area contributed by atoms with Gasteiger partial charge < -0.3 is 14.5 Å². The van der Waals surface area contributed by atoms with Crippen LogP contribution < -0.4 is 9.64 Å². The molecule has 0 N–H and O–H groups in total. The van der Waals surface area contributed by atoms with Crippen molar-refractivity contribution in [3.05, 3.63) is 83.9 Å². The number of amides is 1. The van der Waals surface area contributed by atoms with Gasteiger partial charge in [0, 0.05) is 37.1 Å². The molecule has 38 heavy (non-hydrogen) atoms. The Morgan fingerprint density at radius 1 is 0.895 bits per heavy atom. The molecule has 1 fully saturated rings. The van der Waals surface area contributed by atoms with E-state index in [0.717, 1.165) is 70.3 Å². The summed E-state index contributed by atoms with van der Waals surface area (Å²) in [5.74, 6) is 2.52. The Morgan fingerprint density at radius 3 is 2.50 bits per heavy atom. The summed E-state index contributed by atoms with van der Waals surface area (Å²) in [6, 6.07) is 24.0. The Balaban J connectivity index is 1.32. The van der Waals surface area contributed by atoms with E-state index in [1.54, 1.807) is 7.11 Å². The lowest BCUT2D eigenvalue weighted by molar-refractivity contribution is -0.130. The van der Waals surface area contributed by atoms with Gasteiger partial charge in [-0.2, -0.15) is 0 Å². The van der Waals surface area contributed by atoms with E-state index in [9.17, 15) is 4.79 Å². The van der Waals surface area contributed by atoms with E-state index in [-0.39, 0.29) is 5.91 Å². The molecule has 5 aromatic rings. The number of benzene rings is 3. The number of anilines is 1.